The number of nitrogens with two attached hydrogens (primary N) is 1. The molecule has 2 aliphatic heterocycles. The molecule has 14 nitrogen and oxygen atoms in total. The number of aliphatic imine (C=N–C) groups is 1. The van der Waals surface area contributed by atoms with Gasteiger partial charge in [-0.3, -0.25) is 24.0 Å². The molecule has 2 heterocycles. The first-order valence-electron chi connectivity index (χ1n) is 13.0. The fraction of sp³-hybridized carbons (Fsp3) is 0.520. The second-order valence-corrected chi connectivity index (χ2v) is 11.3. The number of esters is 1. The minimum atomic E-state index is -4.52. The quantitative estimate of drug-likeness (QED) is 0.0908. The van der Waals surface area contributed by atoms with E-state index in [0.717, 1.165) is 11.3 Å². The summed E-state index contributed by atoms with van der Waals surface area (Å²) in [5.74, 6) is -4.73. The molecule has 1 aromatic rings. The number of hydrogen-bond acceptors (Lipinski definition) is 12. The van der Waals surface area contributed by atoms with Gasteiger partial charge in [0.25, 0.3) is 5.69 Å². The van der Waals surface area contributed by atoms with Gasteiger partial charge in [-0.15, -0.1) is 0 Å². The SMILES string of the molecule is C=C1N=C(N)C=CN1[C@@H]1O[C@H](COP(=O)(N[C@@H](C)C(=O)OCCCC)OC(C)c2ccc([N+](=O)[O-])cc2)C(O)C1(F)F. The summed E-state index contributed by atoms with van der Waals surface area (Å²) in [6.45, 7) is 7.55. The standard InChI is InChI=1S/C25H34F2N5O9P/c1-5-6-13-38-23(34)15(2)30-42(37,41-16(3)18-7-9-19(10-8-18)32(35)36)39-14-20-22(33)25(26,27)24(40-20)31-12-11-21(28)29-17(31)4/h7-12,15-16,20,22,24,33H,4-6,13-14H2,1-3H3,(H2,28,29)(H,30,37)/t15-,16?,20+,22?,24+,42?/m0/s1. The number of alkyl halides is 2. The molecule has 232 valence electrons. The van der Waals surface area contributed by atoms with Gasteiger partial charge in [0.15, 0.2) is 6.10 Å². The number of benzene rings is 1. The monoisotopic (exact) mass is 617 g/mol. The van der Waals surface area contributed by atoms with Crippen molar-refractivity contribution in [3.63, 3.8) is 0 Å². The Bertz CT molecular complexity index is 1260. The third kappa shape index (κ3) is 7.96. The summed E-state index contributed by atoms with van der Waals surface area (Å²) in [5.41, 5.74) is 5.74. The molecular formula is C25H34F2N5O9P. The number of aliphatic hydroxyl groups is 1. The topological polar surface area (TPSA) is 188 Å². The van der Waals surface area contributed by atoms with Crippen LogP contribution in [0.25, 0.3) is 0 Å². The van der Waals surface area contributed by atoms with Crippen molar-refractivity contribution in [1.29, 1.82) is 0 Å². The predicted octanol–water partition coefficient (Wildman–Crippen LogP) is 3.50. The van der Waals surface area contributed by atoms with Gasteiger partial charge in [-0.05, 0) is 44.0 Å². The Morgan fingerprint density at radius 2 is 2.05 bits per heavy atom. The molecule has 0 radical (unpaired) electrons. The molecule has 0 aliphatic carbocycles. The molecule has 0 amide bonds. The number of aliphatic hydroxyl groups excluding tert-OH is 1. The molecule has 6 atom stereocenters. The number of unbranched alkanes of at least 4 members (excludes halogenated alkanes) is 1. The summed E-state index contributed by atoms with van der Waals surface area (Å²) in [6, 6.07) is 3.96. The average molecular weight is 618 g/mol. The smallest absolute Gasteiger partial charge is 0.406 e. The second kappa shape index (κ2) is 13.8. The number of nitro groups is 1. The normalized spacial score (nSPS) is 24.5. The van der Waals surface area contributed by atoms with Crippen LogP contribution in [0, 0.1) is 10.1 Å². The Morgan fingerprint density at radius 1 is 1.38 bits per heavy atom. The van der Waals surface area contributed by atoms with Crippen molar-refractivity contribution in [3.8, 4) is 0 Å². The molecule has 1 aromatic carbocycles. The number of carbonyl (C=O) groups excluding carboxylic acids is 1. The summed E-state index contributed by atoms with van der Waals surface area (Å²) >= 11 is 0. The van der Waals surface area contributed by atoms with Crippen molar-refractivity contribution in [1.82, 2.24) is 9.99 Å². The highest BCUT2D eigenvalue weighted by Crippen LogP contribution is 2.50. The van der Waals surface area contributed by atoms with Gasteiger partial charge in [0.05, 0.1) is 24.2 Å². The number of carbonyl (C=O) groups is 1. The average Bonchev–Trinajstić information content (AvgIpc) is 3.15. The Labute approximate surface area is 240 Å². The molecule has 0 saturated carbocycles. The summed E-state index contributed by atoms with van der Waals surface area (Å²) < 4.78 is 65.6. The van der Waals surface area contributed by atoms with Crippen molar-refractivity contribution in [2.24, 2.45) is 10.7 Å². The Morgan fingerprint density at radius 3 is 2.64 bits per heavy atom. The van der Waals surface area contributed by atoms with Gasteiger partial charge in [0.1, 0.15) is 23.8 Å². The molecular weight excluding hydrogens is 583 g/mol. The number of nitrogens with zero attached hydrogens (tertiary/aromatic N) is 3. The Balaban J connectivity index is 1.78. The second-order valence-electron chi connectivity index (χ2n) is 9.58. The molecule has 0 spiro atoms. The fourth-order valence-corrected chi connectivity index (χ4v) is 5.60. The van der Waals surface area contributed by atoms with Gasteiger partial charge in [0.2, 0.25) is 6.23 Å². The minimum absolute atomic E-state index is 0.0339. The highest BCUT2D eigenvalue weighted by atomic mass is 31.2. The highest BCUT2D eigenvalue weighted by molar-refractivity contribution is 7.51. The van der Waals surface area contributed by atoms with Crippen LogP contribution in [0.1, 0.15) is 45.3 Å². The molecule has 3 unspecified atom stereocenters. The van der Waals surface area contributed by atoms with E-state index in [1.54, 1.807) is 0 Å². The van der Waals surface area contributed by atoms with E-state index in [-0.39, 0.29) is 24.0 Å². The lowest BCUT2D eigenvalue weighted by Crippen LogP contribution is -2.47. The summed E-state index contributed by atoms with van der Waals surface area (Å²) in [7, 11) is -4.52. The van der Waals surface area contributed by atoms with Crippen LogP contribution in [-0.2, 0) is 27.9 Å². The molecule has 2 aliphatic rings. The van der Waals surface area contributed by atoms with Crippen LogP contribution in [0.2, 0.25) is 0 Å². The maximum Gasteiger partial charge on any atom is 0.406 e. The molecule has 1 saturated heterocycles. The van der Waals surface area contributed by atoms with E-state index in [1.807, 2.05) is 6.92 Å². The summed E-state index contributed by atoms with van der Waals surface area (Å²) in [6.07, 6.45) is -3.37. The predicted molar refractivity (Wildman–Crippen MR) is 146 cm³/mol. The van der Waals surface area contributed by atoms with Crippen molar-refractivity contribution in [2.45, 2.75) is 70.1 Å². The van der Waals surface area contributed by atoms with Gasteiger partial charge in [-0.2, -0.15) is 8.78 Å². The van der Waals surface area contributed by atoms with Crippen LogP contribution in [-0.4, -0.2) is 70.3 Å². The van der Waals surface area contributed by atoms with Crippen molar-refractivity contribution in [3.05, 3.63) is 64.6 Å². The molecule has 4 N–H and O–H groups in total. The van der Waals surface area contributed by atoms with Crippen LogP contribution in [0.4, 0.5) is 14.5 Å². The van der Waals surface area contributed by atoms with E-state index in [9.17, 15) is 24.6 Å². The number of hydrogen-bond donors (Lipinski definition) is 3. The number of non-ortho nitro benzene ring substituents is 1. The van der Waals surface area contributed by atoms with E-state index in [2.05, 4.69) is 16.7 Å². The first-order chi connectivity index (χ1) is 19.7. The van der Waals surface area contributed by atoms with Crippen molar-refractivity contribution < 1.29 is 46.7 Å². The lowest BCUT2D eigenvalue weighted by molar-refractivity contribution is -0.384. The van der Waals surface area contributed by atoms with Gasteiger partial charge >= 0.3 is 19.6 Å². The van der Waals surface area contributed by atoms with E-state index in [1.165, 1.54) is 50.4 Å². The molecule has 3 rings (SSSR count). The van der Waals surface area contributed by atoms with E-state index >= 15 is 8.78 Å². The lowest BCUT2D eigenvalue weighted by Gasteiger charge is -2.31. The highest BCUT2D eigenvalue weighted by Gasteiger charge is 2.61. The number of halogens is 2. The van der Waals surface area contributed by atoms with Gasteiger partial charge in [0, 0.05) is 18.3 Å². The lowest BCUT2D eigenvalue weighted by atomic mass is 10.1. The van der Waals surface area contributed by atoms with E-state index in [0.29, 0.717) is 12.0 Å². The zero-order chi connectivity index (χ0) is 31.2. The largest absolute Gasteiger partial charge is 0.465 e. The van der Waals surface area contributed by atoms with Gasteiger partial charge in [-0.25, -0.2) is 14.6 Å². The zero-order valence-corrected chi connectivity index (χ0v) is 24.1. The number of nitrogens with one attached hydrogen (secondary N) is 1. The Kier molecular flexibility index (Phi) is 10.9. The van der Waals surface area contributed by atoms with Crippen LogP contribution in [0.5, 0.6) is 0 Å². The number of amidine groups is 1. The van der Waals surface area contributed by atoms with Crippen LogP contribution < -0.4 is 10.8 Å². The summed E-state index contributed by atoms with van der Waals surface area (Å²) in [5, 5.41) is 23.8. The third-order valence-corrected chi connectivity index (χ3v) is 8.11. The molecule has 0 bridgehead atoms. The first-order valence-corrected chi connectivity index (χ1v) is 14.6. The van der Waals surface area contributed by atoms with E-state index < -0.39 is 61.8 Å². The van der Waals surface area contributed by atoms with Crippen LogP contribution >= 0.6 is 7.75 Å². The van der Waals surface area contributed by atoms with Crippen LogP contribution in [0.3, 0.4) is 0 Å². The number of rotatable bonds is 14. The molecule has 17 heteroatoms. The van der Waals surface area contributed by atoms with Crippen molar-refractivity contribution in [2.75, 3.05) is 13.2 Å². The maximum absolute atomic E-state index is 15.1. The van der Waals surface area contributed by atoms with Crippen LogP contribution in [0.15, 0.2) is 53.9 Å². The van der Waals surface area contributed by atoms with Gasteiger partial charge in [-0.1, -0.05) is 19.9 Å². The minimum Gasteiger partial charge on any atom is -0.465 e. The zero-order valence-electron chi connectivity index (χ0n) is 23.2. The number of ether oxygens (including phenoxy) is 2. The Hall–Kier alpha value is -3.27. The van der Waals surface area contributed by atoms with E-state index in [4.69, 9.17) is 24.3 Å². The number of nitro benzene ring substituents is 1. The van der Waals surface area contributed by atoms with Gasteiger partial charge < -0.3 is 25.2 Å². The maximum atomic E-state index is 15.1. The fourth-order valence-electron chi connectivity index (χ4n) is 3.94. The summed E-state index contributed by atoms with van der Waals surface area (Å²) in [4.78, 5) is 27.5. The third-order valence-electron chi connectivity index (χ3n) is 6.32. The molecule has 0 aromatic heterocycles. The molecule has 42 heavy (non-hydrogen) atoms. The van der Waals surface area contributed by atoms with Crippen molar-refractivity contribution >= 4 is 25.2 Å². The molecule has 1 fully saturated rings. The first kappa shape index (κ1) is 33.2.